The van der Waals surface area contributed by atoms with E-state index in [9.17, 15) is 0 Å². The molecule has 1 unspecified atom stereocenters. The average molecular weight is 256 g/mol. The van der Waals surface area contributed by atoms with Gasteiger partial charge in [0.15, 0.2) is 0 Å². The van der Waals surface area contributed by atoms with Crippen molar-refractivity contribution >= 4 is 5.57 Å². The van der Waals surface area contributed by atoms with Gasteiger partial charge >= 0.3 is 0 Å². The Hall–Kier alpha value is -1.56. The second-order valence-corrected chi connectivity index (χ2v) is 4.08. The first-order valence-corrected chi connectivity index (χ1v) is 7.40. The molecule has 1 aliphatic carbocycles. The maximum Gasteiger partial charge on any atom is -0.0184 e. The largest absolute Gasteiger partial charge is 0.0906 e. The number of benzene rings is 1. The summed E-state index contributed by atoms with van der Waals surface area (Å²) in [5, 5.41) is 0. The lowest BCUT2D eigenvalue weighted by Gasteiger charge is -2.14. The molecule has 0 heterocycles. The third kappa shape index (κ3) is 5.74. The molecule has 0 aliphatic heterocycles. The van der Waals surface area contributed by atoms with Gasteiger partial charge in [-0.25, -0.2) is 0 Å². The Labute approximate surface area is 119 Å². The molecule has 1 aromatic carbocycles. The lowest BCUT2D eigenvalue weighted by atomic mass is 9.91. The molecule has 0 heteroatoms. The highest BCUT2D eigenvalue weighted by Crippen LogP contribution is 2.27. The summed E-state index contributed by atoms with van der Waals surface area (Å²) in [7, 11) is 0. The zero-order chi connectivity index (χ0) is 14.7. The second-order valence-electron chi connectivity index (χ2n) is 4.08. The molecule has 1 atom stereocenters. The molecule has 0 radical (unpaired) electrons. The van der Waals surface area contributed by atoms with E-state index in [1.807, 2.05) is 33.8 Å². The minimum absolute atomic E-state index is 0.630. The maximum absolute atomic E-state index is 4.16. The molecule has 0 fully saturated rings. The van der Waals surface area contributed by atoms with Crippen LogP contribution in [0.4, 0.5) is 0 Å². The van der Waals surface area contributed by atoms with Gasteiger partial charge in [-0.1, -0.05) is 89.8 Å². The van der Waals surface area contributed by atoms with Crippen molar-refractivity contribution in [2.75, 3.05) is 0 Å². The first-order chi connectivity index (χ1) is 9.27. The summed E-state index contributed by atoms with van der Waals surface area (Å²) in [6, 6.07) is 10.4. The lowest BCUT2D eigenvalue weighted by Crippen LogP contribution is -1.96. The molecule has 0 saturated heterocycles. The Morgan fingerprint density at radius 1 is 1.05 bits per heavy atom. The summed E-state index contributed by atoms with van der Waals surface area (Å²) in [5.74, 6) is 0.630. The highest BCUT2D eigenvalue weighted by Gasteiger charge is 2.07. The van der Waals surface area contributed by atoms with Crippen LogP contribution in [0.25, 0.3) is 5.57 Å². The number of rotatable bonds is 2. The van der Waals surface area contributed by atoms with Crippen molar-refractivity contribution in [3.63, 3.8) is 0 Å². The third-order valence-electron chi connectivity index (χ3n) is 2.74. The number of hydrogen-bond acceptors (Lipinski definition) is 0. The highest BCUT2D eigenvalue weighted by atomic mass is 14.1. The van der Waals surface area contributed by atoms with Gasteiger partial charge in [-0.2, -0.15) is 0 Å². The van der Waals surface area contributed by atoms with Gasteiger partial charge < -0.3 is 0 Å². The molecule has 0 saturated carbocycles. The molecule has 0 N–H and O–H groups in total. The normalized spacial score (nSPS) is 16.3. The fourth-order valence-electron chi connectivity index (χ4n) is 1.85. The average Bonchev–Trinajstić information content (AvgIpc) is 2.51. The Balaban J connectivity index is 0.000000741. The van der Waals surface area contributed by atoms with Crippen molar-refractivity contribution in [2.24, 2.45) is 5.92 Å². The molecule has 0 bridgehead atoms. The molecule has 2 rings (SSSR count). The van der Waals surface area contributed by atoms with E-state index in [1.54, 1.807) is 0 Å². The van der Waals surface area contributed by atoms with E-state index in [0.29, 0.717) is 5.92 Å². The van der Waals surface area contributed by atoms with Crippen LogP contribution < -0.4 is 0 Å². The molecule has 0 aromatic heterocycles. The molecular weight excluding hydrogens is 228 g/mol. The molecule has 0 amide bonds. The first-order valence-electron chi connectivity index (χ1n) is 7.40. The third-order valence-corrected chi connectivity index (χ3v) is 2.74. The summed E-state index contributed by atoms with van der Waals surface area (Å²) >= 11 is 0. The molecule has 19 heavy (non-hydrogen) atoms. The van der Waals surface area contributed by atoms with Crippen LogP contribution >= 0.6 is 0 Å². The lowest BCUT2D eigenvalue weighted by molar-refractivity contribution is 0.733. The van der Waals surface area contributed by atoms with Gasteiger partial charge in [0.05, 0.1) is 0 Å². The maximum atomic E-state index is 4.16. The van der Waals surface area contributed by atoms with Gasteiger partial charge in [0, 0.05) is 0 Å². The summed E-state index contributed by atoms with van der Waals surface area (Å²) in [6.45, 7) is 14.4. The summed E-state index contributed by atoms with van der Waals surface area (Å²) in [4.78, 5) is 0. The van der Waals surface area contributed by atoms with Crippen LogP contribution in [-0.2, 0) is 0 Å². The van der Waals surface area contributed by atoms with Crippen LogP contribution in [0.3, 0.4) is 0 Å². The van der Waals surface area contributed by atoms with Crippen LogP contribution in [0.15, 0.2) is 60.7 Å². The first kappa shape index (κ1) is 17.4. The van der Waals surface area contributed by atoms with E-state index < -0.39 is 0 Å². The Morgan fingerprint density at radius 2 is 1.63 bits per heavy atom. The summed E-state index contributed by atoms with van der Waals surface area (Å²) in [6.07, 6.45) is 7.85. The van der Waals surface area contributed by atoms with Crippen molar-refractivity contribution < 1.29 is 0 Å². The van der Waals surface area contributed by atoms with E-state index in [0.717, 1.165) is 12.0 Å². The quantitative estimate of drug-likeness (QED) is 0.584. The van der Waals surface area contributed by atoms with Crippen LogP contribution in [0.5, 0.6) is 0 Å². The molecular formula is C19H28. The molecule has 0 spiro atoms. The Kier molecular flexibility index (Phi) is 9.52. The van der Waals surface area contributed by atoms with Crippen LogP contribution in [-0.4, -0.2) is 0 Å². The molecule has 1 aromatic rings. The number of hydrogen-bond donors (Lipinski definition) is 0. The summed E-state index contributed by atoms with van der Waals surface area (Å²) in [5.41, 5.74) is 3.60. The fraction of sp³-hybridized carbons (Fsp3) is 0.368. The van der Waals surface area contributed by atoms with E-state index >= 15 is 0 Å². The van der Waals surface area contributed by atoms with Gasteiger partial charge in [-0.15, -0.1) is 0 Å². The SMILES string of the molecule is C=C(C1=CC(C)CC=C1)c1ccccc1.CC.CC. The van der Waals surface area contributed by atoms with E-state index in [4.69, 9.17) is 0 Å². The second kappa shape index (κ2) is 10.4. The molecule has 0 nitrogen and oxygen atoms in total. The smallest absolute Gasteiger partial charge is 0.0184 e. The Morgan fingerprint density at radius 3 is 2.16 bits per heavy atom. The monoisotopic (exact) mass is 256 g/mol. The number of allylic oxidation sites excluding steroid dienone is 5. The Bertz CT molecular complexity index is 407. The highest BCUT2D eigenvalue weighted by molar-refractivity contribution is 5.80. The predicted molar refractivity (Wildman–Crippen MR) is 89.2 cm³/mol. The van der Waals surface area contributed by atoms with Gasteiger partial charge in [-0.05, 0) is 29.0 Å². The van der Waals surface area contributed by atoms with Gasteiger partial charge in [-0.3, -0.25) is 0 Å². The van der Waals surface area contributed by atoms with E-state index in [1.165, 1.54) is 11.1 Å². The fourth-order valence-corrected chi connectivity index (χ4v) is 1.85. The van der Waals surface area contributed by atoms with Crippen molar-refractivity contribution in [3.8, 4) is 0 Å². The van der Waals surface area contributed by atoms with Crippen LogP contribution in [0.2, 0.25) is 0 Å². The predicted octanol–water partition coefficient (Wildman–Crippen LogP) is 6.27. The van der Waals surface area contributed by atoms with Crippen LogP contribution in [0, 0.1) is 5.92 Å². The minimum Gasteiger partial charge on any atom is -0.0906 e. The van der Waals surface area contributed by atoms with Gasteiger partial charge in [0.25, 0.3) is 0 Å². The summed E-state index contributed by atoms with van der Waals surface area (Å²) < 4.78 is 0. The van der Waals surface area contributed by atoms with Crippen molar-refractivity contribution in [2.45, 2.75) is 41.0 Å². The van der Waals surface area contributed by atoms with Crippen LogP contribution in [0.1, 0.15) is 46.6 Å². The standard InChI is InChI=1S/C15H16.2C2H6/c1-12-7-6-10-15(11-12)13(2)14-8-4-3-5-9-14;2*1-2/h3-6,8-12H,2,7H2,1H3;2*1-2H3. The molecule has 104 valence electrons. The van der Waals surface area contributed by atoms with Crippen molar-refractivity contribution in [1.82, 2.24) is 0 Å². The topological polar surface area (TPSA) is 0 Å². The van der Waals surface area contributed by atoms with Crippen molar-refractivity contribution in [3.05, 3.63) is 66.3 Å². The van der Waals surface area contributed by atoms with Gasteiger partial charge in [0.2, 0.25) is 0 Å². The molecule has 1 aliphatic rings. The van der Waals surface area contributed by atoms with Crippen molar-refractivity contribution in [1.29, 1.82) is 0 Å². The van der Waals surface area contributed by atoms with Gasteiger partial charge in [0.1, 0.15) is 0 Å². The van der Waals surface area contributed by atoms with E-state index in [2.05, 4.69) is 56.0 Å². The van der Waals surface area contributed by atoms with E-state index in [-0.39, 0.29) is 0 Å². The minimum atomic E-state index is 0.630. The zero-order valence-electron chi connectivity index (χ0n) is 13.1. The zero-order valence-corrected chi connectivity index (χ0v) is 13.1.